The molecule has 2 aliphatic rings. The monoisotopic (exact) mass is 200 g/mol. The molecule has 3 nitrogen and oxygen atoms in total. The van der Waals surface area contributed by atoms with Crippen LogP contribution in [0.4, 0.5) is 0 Å². The lowest BCUT2D eigenvalue weighted by atomic mass is 10.2. The summed E-state index contributed by atoms with van der Waals surface area (Å²) in [5.41, 5.74) is 0. The predicted molar refractivity (Wildman–Crippen MR) is 59.6 cm³/mol. The number of nitrogens with one attached hydrogen (secondary N) is 1. The van der Waals surface area contributed by atoms with E-state index < -0.39 is 0 Å². The molecule has 0 saturated carbocycles. The third-order valence-electron chi connectivity index (χ3n) is 2.70. The highest BCUT2D eigenvalue weighted by molar-refractivity contribution is 4.74. The summed E-state index contributed by atoms with van der Waals surface area (Å²) in [6.45, 7) is 10.8. The second-order valence-corrected chi connectivity index (χ2v) is 3.69. The van der Waals surface area contributed by atoms with E-state index in [1.54, 1.807) is 0 Å². The van der Waals surface area contributed by atoms with Crippen LogP contribution in [-0.2, 0) is 4.74 Å². The lowest BCUT2D eigenvalue weighted by Gasteiger charge is -2.29. The maximum atomic E-state index is 5.59. The van der Waals surface area contributed by atoms with Crippen molar-refractivity contribution >= 4 is 0 Å². The molecule has 2 saturated heterocycles. The maximum Gasteiger partial charge on any atom is 0.0702 e. The summed E-state index contributed by atoms with van der Waals surface area (Å²) in [4.78, 5) is 2.51. The smallest absolute Gasteiger partial charge is 0.0702 e. The topological polar surface area (TPSA) is 24.5 Å². The Balaban J connectivity index is 0.000000461. The number of hydrogen-bond donors (Lipinski definition) is 1. The van der Waals surface area contributed by atoms with Gasteiger partial charge in [-0.15, -0.1) is 0 Å². The lowest BCUT2D eigenvalue weighted by molar-refractivity contribution is 0.0691. The van der Waals surface area contributed by atoms with Gasteiger partial charge in [0.2, 0.25) is 0 Å². The minimum Gasteiger partial charge on any atom is -0.377 e. The number of ether oxygens (including phenoxy) is 1. The Labute approximate surface area is 87.8 Å². The van der Waals surface area contributed by atoms with E-state index in [9.17, 15) is 0 Å². The molecule has 0 aliphatic carbocycles. The van der Waals surface area contributed by atoms with Crippen molar-refractivity contribution in [3.05, 3.63) is 0 Å². The number of nitrogens with zero attached hydrogens (tertiary/aromatic N) is 1. The Morgan fingerprint density at radius 2 is 2.00 bits per heavy atom. The lowest BCUT2D eigenvalue weighted by Crippen LogP contribution is -2.46. The van der Waals surface area contributed by atoms with Gasteiger partial charge in [-0.2, -0.15) is 0 Å². The van der Waals surface area contributed by atoms with Gasteiger partial charge in [-0.05, 0) is 12.8 Å². The molecule has 0 bridgehead atoms. The molecule has 1 unspecified atom stereocenters. The molecule has 1 atom stereocenters. The van der Waals surface area contributed by atoms with Crippen LogP contribution in [0.1, 0.15) is 26.7 Å². The van der Waals surface area contributed by atoms with Crippen molar-refractivity contribution in [3.8, 4) is 0 Å². The van der Waals surface area contributed by atoms with Gasteiger partial charge in [0, 0.05) is 39.3 Å². The average Bonchev–Trinajstić information content (AvgIpc) is 2.75. The van der Waals surface area contributed by atoms with Crippen LogP contribution in [0.3, 0.4) is 0 Å². The van der Waals surface area contributed by atoms with Crippen molar-refractivity contribution in [2.45, 2.75) is 32.8 Å². The molecule has 2 heterocycles. The van der Waals surface area contributed by atoms with Crippen LogP contribution in [0.5, 0.6) is 0 Å². The predicted octanol–water partition coefficient (Wildman–Crippen LogP) is 1.10. The first-order valence-electron chi connectivity index (χ1n) is 6.00. The van der Waals surface area contributed by atoms with Crippen molar-refractivity contribution in [1.29, 1.82) is 0 Å². The molecule has 2 fully saturated rings. The molecular weight excluding hydrogens is 176 g/mol. The first kappa shape index (κ1) is 12.0. The molecule has 0 radical (unpaired) electrons. The summed E-state index contributed by atoms with van der Waals surface area (Å²) in [6.07, 6.45) is 3.06. The van der Waals surface area contributed by atoms with Gasteiger partial charge in [0.05, 0.1) is 6.10 Å². The average molecular weight is 200 g/mol. The molecule has 84 valence electrons. The molecule has 0 amide bonds. The van der Waals surface area contributed by atoms with Crippen LogP contribution >= 0.6 is 0 Å². The zero-order valence-corrected chi connectivity index (χ0v) is 9.59. The Kier molecular flexibility index (Phi) is 6.15. The van der Waals surface area contributed by atoms with Gasteiger partial charge >= 0.3 is 0 Å². The Morgan fingerprint density at radius 1 is 1.29 bits per heavy atom. The van der Waals surface area contributed by atoms with E-state index in [1.165, 1.54) is 25.9 Å². The number of rotatable bonds is 2. The largest absolute Gasteiger partial charge is 0.377 e. The molecule has 0 aromatic carbocycles. The summed E-state index contributed by atoms with van der Waals surface area (Å²) in [6, 6.07) is 0. The standard InChI is InChI=1S/C9H18N2O.C2H6/c1-2-9(12-7-1)8-11-5-3-10-4-6-11;1-2/h9-10H,1-8H2;1-2H3. The fourth-order valence-corrected chi connectivity index (χ4v) is 1.97. The van der Waals surface area contributed by atoms with Gasteiger partial charge in [-0.3, -0.25) is 4.90 Å². The molecule has 2 rings (SSSR count). The second-order valence-electron chi connectivity index (χ2n) is 3.69. The third kappa shape index (κ3) is 3.95. The maximum absolute atomic E-state index is 5.59. The molecule has 0 aromatic heterocycles. The van der Waals surface area contributed by atoms with E-state index in [0.717, 1.165) is 26.2 Å². The van der Waals surface area contributed by atoms with E-state index >= 15 is 0 Å². The van der Waals surface area contributed by atoms with E-state index in [2.05, 4.69) is 10.2 Å². The van der Waals surface area contributed by atoms with Crippen LogP contribution in [0.25, 0.3) is 0 Å². The molecule has 0 aromatic rings. The van der Waals surface area contributed by atoms with Gasteiger partial charge in [0.1, 0.15) is 0 Å². The summed E-state index contributed by atoms with van der Waals surface area (Å²) in [7, 11) is 0. The van der Waals surface area contributed by atoms with Crippen LogP contribution in [-0.4, -0.2) is 50.3 Å². The third-order valence-corrected chi connectivity index (χ3v) is 2.70. The summed E-state index contributed by atoms with van der Waals surface area (Å²) in [5, 5.41) is 3.36. The Morgan fingerprint density at radius 3 is 2.57 bits per heavy atom. The van der Waals surface area contributed by atoms with Crippen LogP contribution in [0.15, 0.2) is 0 Å². The van der Waals surface area contributed by atoms with Crippen molar-refractivity contribution in [1.82, 2.24) is 10.2 Å². The van der Waals surface area contributed by atoms with Gasteiger partial charge in [0.15, 0.2) is 0 Å². The number of hydrogen-bond acceptors (Lipinski definition) is 3. The van der Waals surface area contributed by atoms with E-state index in [-0.39, 0.29) is 0 Å². The van der Waals surface area contributed by atoms with E-state index in [4.69, 9.17) is 4.74 Å². The van der Waals surface area contributed by atoms with Crippen molar-refractivity contribution in [2.75, 3.05) is 39.3 Å². The normalized spacial score (nSPS) is 28.3. The zero-order chi connectivity index (χ0) is 10.2. The van der Waals surface area contributed by atoms with Gasteiger partial charge in [0.25, 0.3) is 0 Å². The van der Waals surface area contributed by atoms with Gasteiger partial charge in [-0.1, -0.05) is 13.8 Å². The van der Waals surface area contributed by atoms with Crippen molar-refractivity contribution < 1.29 is 4.74 Å². The highest BCUT2D eigenvalue weighted by atomic mass is 16.5. The summed E-state index contributed by atoms with van der Waals surface area (Å²) >= 11 is 0. The molecule has 0 spiro atoms. The molecular formula is C11H24N2O. The Bertz CT molecular complexity index is 129. The molecule has 1 N–H and O–H groups in total. The fourth-order valence-electron chi connectivity index (χ4n) is 1.97. The van der Waals surface area contributed by atoms with Crippen LogP contribution in [0, 0.1) is 0 Å². The molecule has 3 heteroatoms. The highest BCUT2D eigenvalue weighted by Crippen LogP contribution is 2.13. The van der Waals surface area contributed by atoms with Crippen LogP contribution in [0.2, 0.25) is 0 Å². The van der Waals surface area contributed by atoms with Crippen molar-refractivity contribution in [2.24, 2.45) is 0 Å². The van der Waals surface area contributed by atoms with Crippen molar-refractivity contribution in [3.63, 3.8) is 0 Å². The van der Waals surface area contributed by atoms with E-state index in [1.807, 2.05) is 13.8 Å². The van der Waals surface area contributed by atoms with Gasteiger partial charge < -0.3 is 10.1 Å². The first-order chi connectivity index (χ1) is 6.95. The highest BCUT2D eigenvalue weighted by Gasteiger charge is 2.19. The SMILES string of the molecule is C1COC(CN2CCNCC2)C1.CC. The summed E-state index contributed by atoms with van der Waals surface area (Å²) < 4.78 is 5.59. The summed E-state index contributed by atoms with van der Waals surface area (Å²) in [5.74, 6) is 0. The number of piperazine rings is 1. The van der Waals surface area contributed by atoms with E-state index in [0.29, 0.717) is 6.10 Å². The second kappa shape index (κ2) is 7.21. The molecule has 2 aliphatic heterocycles. The van der Waals surface area contributed by atoms with Crippen LogP contribution < -0.4 is 5.32 Å². The zero-order valence-electron chi connectivity index (χ0n) is 9.59. The quantitative estimate of drug-likeness (QED) is 0.722. The fraction of sp³-hybridized carbons (Fsp3) is 1.00. The first-order valence-corrected chi connectivity index (χ1v) is 6.00. The van der Waals surface area contributed by atoms with Gasteiger partial charge in [-0.25, -0.2) is 0 Å². The minimum absolute atomic E-state index is 0.531. The minimum atomic E-state index is 0.531. The molecule has 14 heavy (non-hydrogen) atoms. The Hall–Kier alpha value is -0.120.